The lowest BCUT2D eigenvalue weighted by atomic mass is 10.2. The Morgan fingerprint density at radius 1 is 1.50 bits per heavy atom. The van der Waals surface area contributed by atoms with Gasteiger partial charge in [-0.1, -0.05) is 46.0 Å². The maximum absolute atomic E-state index is 12.6. The van der Waals surface area contributed by atoms with Gasteiger partial charge >= 0.3 is 0 Å². The number of hydrogen-bond acceptors (Lipinski definition) is 5. The molecule has 1 unspecified atom stereocenters. The fourth-order valence-electron chi connectivity index (χ4n) is 2.98. The van der Waals surface area contributed by atoms with Gasteiger partial charge in [-0.25, -0.2) is 4.98 Å². The minimum atomic E-state index is -0.301. The van der Waals surface area contributed by atoms with Crippen LogP contribution in [0.4, 0.5) is 5.82 Å². The first-order valence-corrected chi connectivity index (χ1v) is 10.5. The number of fused-ring (bicyclic) bond motifs is 1. The zero-order valence-corrected chi connectivity index (χ0v) is 17.1. The van der Waals surface area contributed by atoms with Crippen LogP contribution in [0, 0.1) is 0 Å². The number of benzene rings is 1. The van der Waals surface area contributed by atoms with E-state index in [1.165, 1.54) is 11.8 Å². The summed E-state index contributed by atoms with van der Waals surface area (Å²) in [5.74, 6) is 1.67. The molecule has 136 valence electrons. The van der Waals surface area contributed by atoms with Crippen LogP contribution in [0.2, 0.25) is 5.15 Å². The topological polar surface area (TPSA) is 75.0 Å². The van der Waals surface area contributed by atoms with E-state index in [9.17, 15) is 4.79 Å². The number of anilines is 1. The number of aromatic amines is 1. The van der Waals surface area contributed by atoms with E-state index in [1.807, 2.05) is 18.2 Å². The molecule has 3 aromatic rings. The SMILES string of the molecule is CCCCc1nc(Cl)c(C2SCC(=O)N2c2noc3ccc(Br)cc23)[nH]1. The molecule has 1 fully saturated rings. The molecule has 0 aliphatic carbocycles. The standard InChI is InChI=1S/C17H16BrClN4O2S/c1-2-3-4-12-20-14(15(19)21-12)17-23(13(24)8-26-17)16-10-7-9(18)5-6-11(10)25-22-16/h5-7,17H,2-4,8H2,1H3,(H,20,21). The fourth-order valence-corrected chi connectivity index (χ4v) is 4.80. The van der Waals surface area contributed by atoms with Crippen molar-refractivity contribution in [3.63, 3.8) is 0 Å². The Hall–Kier alpha value is -1.51. The third-order valence-corrected chi connectivity index (χ3v) is 6.21. The molecule has 9 heteroatoms. The highest BCUT2D eigenvalue weighted by molar-refractivity contribution is 9.10. The molecule has 0 spiro atoms. The van der Waals surface area contributed by atoms with Gasteiger partial charge in [-0.2, -0.15) is 0 Å². The summed E-state index contributed by atoms with van der Waals surface area (Å²) in [6, 6.07) is 5.60. The second kappa shape index (κ2) is 7.25. The lowest BCUT2D eigenvalue weighted by Gasteiger charge is -2.20. The Labute approximate surface area is 167 Å². The van der Waals surface area contributed by atoms with Gasteiger partial charge in [-0.05, 0) is 24.6 Å². The number of carbonyl (C=O) groups is 1. The van der Waals surface area contributed by atoms with E-state index in [0.29, 0.717) is 22.3 Å². The highest BCUT2D eigenvalue weighted by Gasteiger charge is 2.39. The molecule has 1 N–H and O–H groups in total. The minimum Gasteiger partial charge on any atom is -0.354 e. The summed E-state index contributed by atoms with van der Waals surface area (Å²) in [7, 11) is 0. The predicted molar refractivity (Wildman–Crippen MR) is 107 cm³/mol. The Morgan fingerprint density at radius 3 is 3.15 bits per heavy atom. The molecular weight excluding hydrogens is 440 g/mol. The van der Waals surface area contributed by atoms with Gasteiger partial charge in [0.1, 0.15) is 11.2 Å². The molecule has 6 nitrogen and oxygen atoms in total. The lowest BCUT2D eigenvalue weighted by molar-refractivity contribution is -0.115. The molecule has 26 heavy (non-hydrogen) atoms. The van der Waals surface area contributed by atoms with E-state index in [2.05, 4.69) is 38.0 Å². The monoisotopic (exact) mass is 454 g/mol. The van der Waals surface area contributed by atoms with Crippen molar-refractivity contribution >= 4 is 62.0 Å². The van der Waals surface area contributed by atoms with Gasteiger partial charge < -0.3 is 9.51 Å². The number of aryl methyl sites for hydroxylation is 1. The van der Waals surface area contributed by atoms with Gasteiger partial charge in [0.05, 0.1) is 16.8 Å². The molecule has 0 radical (unpaired) electrons. The van der Waals surface area contributed by atoms with Gasteiger partial charge in [0.25, 0.3) is 0 Å². The molecule has 0 bridgehead atoms. The van der Waals surface area contributed by atoms with Crippen molar-refractivity contribution in [1.82, 2.24) is 15.1 Å². The van der Waals surface area contributed by atoms with Crippen molar-refractivity contribution in [3.8, 4) is 0 Å². The largest absolute Gasteiger partial charge is 0.354 e. The quantitative estimate of drug-likeness (QED) is 0.580. The van der Waals surface area contributed by atoms with E-state index in [4.69, 9.17) is 16.1 Å². The van der Waals surface area contributed by atoms with Crippen LogP contribution < -0.4 is 4.90 Å². The van der Waals surface area contributed by atoms with Gasteiger partial charge in [-0.15, -0.1) is 11.8 Å². The summed E-state index contributed by atoms with van der Waals surface area (Å²) in [5.41, 5.74) is 1.37. The van der Waals surface area contributed by atoms with Crippen molar-refractivity contribution in [2.24, 2.45) is 0 Å². The summed E-state index contributed by atoms with van der Waals surface area (Å²) in [4.78, 5) is 22.0. The summed E-state index contributed by atoms with van der Waals surface area (Å²) in [6.45, 7) is 2.13. The number of amides is 1. The molecule has 1 aliphatic rings. The molecule has 3 heterocycles. The predicted octanol–water partition coefficient (Wildman–Crippen LogP) is 5.09. The van der Waals surface area contributed by atoms with E-state index >= 15 is 0 Å². The average molecular weight is 456 g/mol. The van der Waals surface area contributed by atoms with Crippen LogP contribution in [0.1, 0.15) is 36.7 Å². The number of hydrogen-bond donors (Lipinski definition) is 1. The van der Waals surface area contributed by atoms with Gasteiger partial charge in [0.2, 0.25) is 5.91 Å². The Balaban J connectivity index is 1.74. The molecule has 0 saturated carbocycles. The smallest absolute Gasteiger partial charge is 0.239 e. The van der Waals surface area contributed by atoms with Crippen molar-refractivity contribution in [2.45, 2.75) is 31.6 Å². The van der Waals surface area contributed by atoms with Crippen LogP contribution >= 0.6 is 39.3 Å². The van der Waals surface area contributed by atoms with E-state index in [1.54, 1.807) is 4.90 Å². The fraction of sp³-hybridized carbons (Fsp3) is 0.353. The maximum atomic E-state index is 12.6. The molecule has 4 rings (SSSR count). The average Bonchev–Trinajstić information content (AvgIpc) is 3.29. The minimum absolute atomic E-state index is 0.0315. The molecule has 1 atom stereocenters. The highest BCUT2D eigenvalue weighted by atomic mass is 79.9. The van der Waals surface area contributed by atoms with Crippen LogP contribution in [0.5, 0.6) is 0 Å². The first kappa shape index (κ1) is 17.9. The van der Waals surface area contributed by atoms with Crippen LogP contribution in [0.3, 0.4) is 0 Å². The second-order valence-corrected chi connectivity index (χ2v) is 8.41. The van der Waals surface area contributed by atoms with E-state index in [-0.39, 0.29) is 11.3 Å². The third kappa shape index (κ3) is 3.14. The van der Waals surface area contributed by atoms with Gasteiger partial charge in [-0.3, -0.25) is 9.69 Å². The van der Waals surface area contributed by atoms with Crippen molar-refractivity contribution in [2.75, 3.05) is 10.7 Å². The number of imidazole rings is 1. The van der Waals surface area contributed by atoms with Crippen molar-refractivity contribution in [1.29, 1.82) is 0 Å². The number of unbranched alkanes of at least 4 members (excludes halogenated alkanes) is 1. The summed E-state index contributed by atoms with van der Waals surface area (Å²) in [5, 5.41) is 5.03. The highest BCUT2D eigenvalue weighted by Crippen LogP contribution is 2.45. The first-order chi connectivity index (χ1) is 12.6. The Bertz CT molecular complexity index is 973. The zero-order chi connectivity index (χ0) is 18.3. The summed E-state index contributed by atoms with van der Waals surface area (Å²) in [6.07, 6.45) is 2.95. The maximum Gasteiger partial charge on any atom is 0.239 e. The molecule has 1 amide bonds. The number of halogens is 2. The summed E-state index contributed by atoms with van der Waals surface area (Å²) >= 11 is 11.3. The van der Waals surface area contributed by atoms with Crippen LogP contribution in [-0.2, 0) is 11.2 Å². The number of carbonyl (C=O) groups excluding carboxylic acids is 1. The normalized spacial score (nSPS) is 17.6. The van der Waals surface area contributed by atoms with Crippen LogP contribution in [0.15, 0.2) is 27.2 Å². The second-order valence-electron chi connectivity index (χ2n) is 6.07. The van der Waals surface area contributed by atoms with Gasteiger partial charge in [0.15, 0.2) is 16.6 Å². The number of thioether (sulfide) groups is 1. The van der Waals surface area contributed by atoms with Crippen molar-refractivity contribution < 1.29 is 9.32 Å². The van der Waals surface area contributed by atoms with Gasteiger partial charge in [0, 0.05) is 10.9 Å². The van der Waals surface area contributed by atoms with E-state index in [0.717, 1.165) is 40.6 Å². The first-order valence-electron chi connectivity index (χ1n) is 8.31. The number of rotatable bonds is 5. The molecule has 1 aromatic carbocycles. The number of H-pyrrole nitrogens is 1. The number of nitrogens with zero attached hydrogens (tertiary/aromatic N) is 3. The third-order valence-electron chi connectivity index (χ3n) is 4.26. The zero-order valence-electron chi connectivity index (χ0n) is 14.0. The molecule has 1 aliphatic heterocycles. The molecule has 2 aromatic heterocycles. The number of nitrogens with one attached hydrogen (secondary N) is 1. The molecule has 1 saturated heterocycles. The molecular formula is C17H16BrClN4O2S. The number of aromatic nitrogens is 3. The van der Waals surface area contributed by atoms with Crippen molar-refractivity contribution in [3.05, 3.63) is 39.3 Å². The Kier molecular flexibility index (Phi) is 4.98. The summed E-state index contributed by atoms with van der Waals surface area (Å²) < 4.78 is 6.30. The Morgan fingerprint density at radius 2 is 2.35 bits per heavy atom. The lowest BCUT2D eigenvalue weighted by Crippen LogP contribution is -2.28. The van der Waals surface area contributed by atoms with Crippen LogP contribution in [-0.4, -0.2) is 26.8 Å². The van der Waals surface area contributed by atoms with E-state index < -0.39 is 0 Å². The van der Waals surface area contributed by atoms with Crippen LogP contribution in [0.25, 0.3) is 11.0 Å².